The molecule has 1 aromatic carbocycles. The molecule has 130 valence electrons. The lowest BCUT2D eigenvalue weighted by atomic mass is 10.0. The Morgan fingerprint density at radius 2 is 2.24 bits per heavy atom. The summed E-state index contributed by atoms with van der Waals surface area (Å²) in [4.78, 5) is 27.3. The van der Waals surface area contributed by atoms with E-state index in [2.05, 4.69) is 15.4 Å². The molecule has 25 heavy (non-hydrogen) atoms. The molecule has 1 amide bonds. The van der Waals surface area contributed by atoms with Crippen molar-refractivity contribution in [3.05, 3.63) is 53.7 Å². The van der Waals surface area contributed by atoms with Crippen LogP contribution in [0.5, 0.6) is 0 Å². The van der Waals surface area contributed by atoms with Gasteiger partial charge >= 0.3 is 5.97 Å². The number of aromatic amines is 1. The first-order valence-corrected chi connectivity index (χ1v) is 7.61. The van der Waals surface area contributed by atoms with Gasteiger partial charge in [-0.25, -0.2) is 9.18 Å². The molecule has 2 aromatic heterocycles. The lowest BCUT2D eigenvalue weighted by Crippen LogP contribution is -2.43. The molecule has 3 rings (SSSR count). The molecule has 2 N–H and O–H groups in total. The van der Waals surface area contributed by atoms with Crippen LogP contribution in [0.25, 0.3) is 10.9 Å². The van der Waals surface area contributed by atoms with Crippen molar-refractivity contribution in [1.29, 1.82) is 0 Å². The van der Waals surface area contributed by atoms with E-state index in [4.69, 9.17) is 4.74 Å². The van der Waals surface area contributed by atoms with Gasteiger partial charge in [-0.2, -0.15) is 5.10 Å². The van der Waals surface area contributed by atoms with Gasteiger partial charge in [0.25, 0.3) is 5.91 Å². The van der Waals surface area contributed by atoms with Crippen LogP contribution in [0.2, 0.25) is 0 Å². The number of ether oxygens (including phenoxy) is 1. The predicted molar refractivity (Wildman–Crippen MR) is 88.4 cm³/mol. The van der Waals surface area contributed by atoms with Gasteiger partial charge in [-0.1, -0.05) is 0 Å². The summed E-state index contributed by atoms with van der Waals surface area (Å²) in [5.74, 6) is -1.33. The first-order valence-electron chi connectivity index (χ1n) is 7.61. The maximum absolute atomic E-state index is 13.3. The Hall–Kier alpha value is -3.16. The molecule has 0 radical (unpaired) electrons. The molecule has 0 aliphatic carbocycles. The number of nitrogens with zero attached hydrogens (tertiary/aromatic N) is 2. The maximum atomic E-state index is 13.3. The van der Waals surface area contributed by atoms with E-state index in [1.165, 1.54) is 30.1 Å². The van der Waals surface area contributed by atoms with E-state index in [1.807, 2.05) is 0 Å². The number of rotatable bonds is 5. The highest BCUT2D eigenvalue weighted by molar-refractivity contribution is 5.96. The lowest BCUT2D eigenvalue weighted by molar-refractivity contribution is -0.142. The number of fused-ring (bicyclic) bond motifs is 1. The normalized spacial score (nSPS) is 12.1. The molecule has 7 nitrogen and oxygen atoms in total. The Balaban J connectivity index is 1.83. The molecule has 0 saturated carbocycles. The molecule has 0 bridgehead atoms. The number of H-pyrrole nitrogens is 1. The summed E-state index contributed by atoms with van der Waals surface area (Å²) >= 11 is 0. The molecule has 0 aliphatic heterocycles. The Morgan fingerprint density at radius 3 is 2.92 bits per heavy atom. The summed E-state index contributed by atoms with van der Waals surface area (Å²) in [5.41, 5.74) is 1.74. The third-order valence-corrected chi connectivity index (χ3v) is 3.91. The standard InChI is InChI=1S/C17H17FN4O3/c1-22-9-11(8-20-22)16(23)21-15(17(24)25-2)5-10-7-19-14-6-12(18)3-4-13(10)14/h3-4,6-9,15,19H,5H2,1-2H3,(H,21,23)/t15-/m1/s1. The van der Waals surface area contributed by atoms with Gasteiger partial charge in [0, 0.05) is 36.8 Å². The zero-order valence-corrected chi connectivity index (χ0v) is 13.7. The van der Waals surface area contributed by atoms with Crippen LogP contribution < -0.4 is 5.32 Å². The minimum absolute atomic E-state index is 0.213. The second-order valence-corrected chi connectivity index (χ2v) is 5.66. The Kier molecular flexibility index (Phi) is 4.51. The van der Waals surface area contributed by atoms with Gasteiger partial charge in [0.2, 0.25) is 0 Å². The molecule has 2 heterocycles. The van der Waals surface area contributed by atoms with Crippen LogP contribution in [0.3, 0.4) is 0 Å². The summed E-state index contributed by atoms with van der Waals surface area (Å²) < 4.78 is 19.6. The van der Waals surface area contributed by atoms with Crippen molar-refractivity contribution < 1.29 is 18.7 Å². The van der Waals surface area contributed by atoms with Crippen LogP contribution in [-0.4, -0.2) is 39.8 Å². The van der Waals surface area contributed by atoms with Gasteiger partial charge in [0.05, 0.1) is 18.9 Å². The van der Waals surface area contributed by atoms with Crippen molar-refractivity contribution in [2.24, 2.45) is 7.05 Å². The Morgan fingerprint density at radius 1 is 1.44 bits per heavy atom. The fourth-order valence-corrected chi connectivity index (χ4v) is 2.66. The fourth-order valence-electron chi connectivity index (χ4n) is 2.66. The molecule has 0 saturated heterocycles. The number of aryl methyl sites for hydroxylation is 1. The van der Waals surface area contributed by atoms with Crippen molar-refractivity contribution in [3.63, 3.8) is 0 Å². The SMILES string of the molecule is COC(=O)[C@@H](Cc1c[nH]c2cc(F)ccc12)NC(=O)c1cnn(C)c1. The van der Waals surface area contributed by atoms with Crippen LogP contribution in [0.15, 0.2) is 36.8 Å². The van der Waals surface area contributed by atoms with Gasteiger partial charge in [0.1, 0.15) is 11.9 Å². The number of hydrogen-bond donors (Lipinski definition) is 2. The molecule has 0 fully saturated rings. The number of carbonyl (C=O) groups excluding carboxylic acids is 2. The lowest BCUT2D eigenvalue weighted by Gasteiger charge is -2.15. The Labute approximate surface area is 142 Å². The summed E-state index contributed by atoms with van der Waals surface area (Å²) in [7, 11) is 2.95. The highest BCUT2D eigenvalue weighted by atomic mass is 19.1. The molecule has 0 unspecified atom stereocenters. The predicted octanol–water partition coefficient (Wildman–Crippen LogP) is 1.55. The zero-order valence-electron chi connectivity index (χ0n) is 13.7. The number of esters is 1. The fraction of sp³-hybridized carbons (Fsp3) is 0.235. The molecule has 8 heteroatoms. The highest BCUT2D eigenvalue weighted by Gasteiger charge is 2.24. The molecular weight excluding hydrogens is 327 g/mol. The summed E-state index contributed by atoms with van der Waals surface area (Å²) in [5, 5.41) is 7.37. The van der Waals surface area contributed by atoms with Crippen molar-refractivity contribution in [3.8, 4) is 0 Å². The van der Waals surface area contributed by atoms with Crippen LogP contribution in [0, 0.1) is 5.82 Å². The van der Waals surface area contributed by atoms with Gasteiger partial charge < -0.3 is 15.0 Å². The summed E-state index contributed by atoms with van der Waals surface area (Å²) in [6.07, 6.45) is 4.87. The zero-order chi connectivity index (χ0) is 18.0. The van der Waals surface area contributed by atoms with E-state index in [9.17, 15) is 14.0 Å². The first-order chi connectivity index (χ1) is 12.0. The molecule has 0 aliphatic rings. The van der Waals surface area contributed by atoms with Crippen LogP contribution in [0.4, 0.5) is 4.39 Å². The minimum atomic E-state index is -0.873. The average molecular weight is 344 g/mol. The number of carbonyl (C=O) groups is 2. The van der Waals surface area contributed by atoms with E-state index in [1.54, 1.807) is 25.5 Å². The molecule has 0 spiro atoms. The van der Waals surface area contributed by atoms with Crippen LogP contribution in [-0.2, 0) is 23.0 Å². The first kappa shape index (κ1) is 16.7. The number of aromatic nitrogens is 3. The van der Waals surface area contributed by atoms with E-state index in [0.717, 1.165) is 10.9 Å². The van der Waals surface area contributed by atoms with Gasteiger partial charge in [-0.15, -0.1) is 0 Å². The number of hydrogen-bond acceptors (Lipinski definition) is 4. The number of nitrogens with one attached hydrogen (secondary N) is 2. The topological polar surface area (TPSA) is 89.0 Å². The Bertz CT molecular complexity index is 931. The smallest absolute Gasteiger partial charge is 0.328 e. The third kappa shape index (κ3) is 3.52. The van der Waals surface area contributed by atoms with Crippen molar-refractivity contribution in [2.75, 3.05) is 7.11 Å². The molecular formula is C17H17FN4O3. The third-order valence-electron chi connectivity index (χ3n) is 3.91. The highest BCUT2D eigenvalue weighted by Crippen LogP contribution is 2.21. The van der Waals surface area contributed by atoms with Gasteiger partial charge in [0.15, 0.2) is 0 Å². The molecule has 1 atom stereocenters. The summed E-state index contributed by atoms with van der Waals surface area (Å²) in [6, 6.07) is 3.48. The minimum Gasteiger partial charge on any atom is -0.467 e. The van der Waals surface area contributed by atoms with E-state index in [-0.39, 0.29) is 12.2 Å². The second-order valence-electron chi connectivity index (χ2n) is 5.66. The second kappa shape index (κ2) is 6.76. The number of methoxy groups -OCH3 is 1. The summed E-state index contributed by atoms with van der Waals surface area (Å²) in [6.45, 7) is 0. The van der Waals surface area contributed by atoms with E-state index in [0.29, 0.717) is 11.1 Å². The number of halogens is 1. The van der Waals surface area contributed by atoms with E-state index < -0.39 is 17.9 Å². The average Bonchev–Trinajstić information content (AvgIpc) is 3.19. The number of amides is 1. The van der Waals surface area contributed by atoms with Crippen LogP contribution in [0.1, 0.15) is 15.9 Å². The largest absolute Gasteiger partial charge is 0.467 e. The van der Waals surface area contributed by atoms with Crippen LogP contribution >= 0.6 is 0 Å². The van der Waals surface area contributed by atoms with Gasteiger partial charge in [-0.05, 0) is 23.8 Å². The monoisotopic (exact) mass is 344 g/mol. The van der Waals surface area contributed by atoms with E-state index >= 15 is 0 Å². The van der Waals surface area contributed by atoms with Crippen molar-refractivity contribution in [2.45, 2.75) is 12.5 Å². The quantitative estimate of drug-likeness (QED) is 0.688. The number of benzene rings is 1. The van der Waals surface area contributed by atoms with Crippen molar-refractivity contribution >= 4 is 22.8 Å². The van der Waals surface area contributed by atoms with Crippen molar-refractivity contribution in [1.82, 2.24) is 20.1 Å². The maximum Gasteiger partial charge on any atom is 0.328 e. The molecule has 3 aromatic rings. The van der Waals surface area contributed by atoms with Gasteiger partial charge in [-0.3, -0.25) is 9.48 Å².